The van der Waals surface area contributed by atoms with Crippen molar-refractivity contribution in [2.45, 2.75) is 6.92 Å². The molecule has 0 saturated carbocycles. The summed E-state index contributed by atoms with van der Waals surface area (Å²) in [5.41, 5.74) is -0.263. The maximum absolute atomic E-state index is 12.3. The summed E-state index contributed by atoms with van der Waals surface area (Å²) in [7, 11) is 0. The lowest BCUT2D eigenvalue weighted by Gasteiger charge is -1.95. The summed E-state index contributed by atoms with van der Waals surface area (Å²) >= 11 is 0. The van der Waals surface area contributed by atoms with Crippen molar-refractivity contribution in [3.63, 3.8) is 0 Å². The molecule has 0 unspecified atom stereocenters. The molecule has 54 valence electrons. The van der Waals surface area contributed by atoms with Gasteiger partial charge >= 0.3 is 0 Å². The number of rotatable bonds is 0. The van der Waals surface area contributed by atoms with E-state index in [4.69, 9.17) is 0 Å². The zero-order valence-electron chi connectivity index (χ0n) is 5.16. The molecule has 1 aromatic heterocycles. The molecule has 0 atom stereocenters. The SMILES string of the molecule is Cc1c(F)cc(F)nc1F. The van der Waals surface area contributed by atoms with Crippen LogP contribution in [0.3, 0.4) is 0 Å². The minimum Gasteiger partial charge on any atom is -0.206 e. The molecule has 0 aliphatic carbocycles. The van der Waals surface area contributed by atoms with Crippen LogP contribution < -0.4 is 0 Å². The van der Waals surface area contributed by atoms with Gasteiger partial charge in [-0.1, -0.05) is 0 Å². The zero-order chi connectivity index (χ0) is 7.72. The molecule has 0 aliphatic rings. The van der Waals surface area contributed by atoms with Gasteiger partial charge in [0.1, 0.15) is 5.82 Å². The topological polar surface area (TPSA) is 12.9 Å². The minimum absolute atomic E-state index is 0.263. The first kappa shape index (κ1) is 7.05. The molecule has 10 heavy (non-hydrogen) atoms. The highest BCUT2D eigenvalue weighted by Gasteiger charge is 2.06. The lowest BCUT2D eigenvalue weighted by atomic mass is 10.3. The van der Waals surface area contributed by atoms with Crippen LogP contribution in [-0.4, -0.2) is 4.98 Å². The van der Waals surface area contributed by atoms with Crippen LogP contribution >= 0.6 is 0 Å². The number of aromatic nitrogens is 1. The summed E-state index contributed by atoms with van der Waals surface area (Å²) in [4.78, 5) is 2.76. The van der Waals surface area contributed by atoms with Gasteiger partial charge in [0.15, 0.2) is 0 Å². The summed E-state index contributed by atoms with van der Waals surface area (Å²) in [5.74, 6) is -3.15. The Morgan fingerprint density at radius 3 is 2.40 bits per heavy atom. The average Bonchev–Trinajstić information content (AvgIpc) is 1.82. The van der Waals surface area contributed by atoms with E-state index in [2.05, 4.69) is 4.98 Å². The van der Waals surface area contributed by atoms with E-state index in [1.54, 1.807) is 0 Å². The molecule has 1 aromatic rings. The van der Waals surface area contributed by atoms with Gasteiger partial charge in [0.05, 0.1) is 0 Å². The molecular weight excluding hydrogens is 143 g/mol. The van der Waals surface area contributed by atoms with Gasteiger partial charge in [-0.3, -0.25) is 0 Å². The monoisotopic (exact) mass is 147 g/mol. The van der Waals surface area contributed by atoms with Gasteiger partial charge in [-0.15, -0.1) is 0 Å². The Bertz CT molecular complexity index is 236. The second kappa shape index (κ2) is 2.28. The van der Waals surface area contributed by atoms with Crippen LogP contribution in [0.15, 0.2) is 6.07 Å². The molecule has 0 aliphatic heterocycles. The average molecular weight is 147 g/mol. The van der Waals surface area contributed by atoms with E-state index in [1.807, 2.05) is 0 Å². The summed E-state index contributed by atoms with van der Waals surface area (Å²) in [5, 5.41) is 0. The Hall–Kier alpha value is -1.06. The Labute approximate surface area is 55.5 Å². The van der Waals surface area contributed by atoms with Crippen molar-refractivity contribution < 1.29 is 13.2 Å². The van der Waals surface area contributed by atoms with Crippen LogP contribution in [-0.2, 0) is 0 Å². The quantitative estimate of drug-likeness (QED) is 0.510. The third kappa shape index (κ3) is 1.10. The molecule has 0 N–H and O–H groups in total. The highest BCUT2D eigenvalue weighted by atomic mass is 19.1. The molecule has 0 bridgehead atoms. The fraction of sp³-hybridized carbons (Fsp3) is 0.167. The lowest BCUT2D eigenvalue weighted by Crippen LogP contribution is -1.95. The van der Waals surface area contributed by atoms with E-state index in [0.29, 0.717) is 6.07 Å². The molecule has 0 radical (unpaired) electrons. The highest BCUT2D eigenvalue weighted by molar-refractivity contribution is 5.11. The maximum Gasteiger partial charge on any atom is 0.221 e. The lowest BCUT2D eigenvalue weighted by molar-refractivity contribution is 0.478. The van der Waals surface area contributed by atoms with Crippen molar-refractivity contribution in [3.8, 4) is 0 Å². The predicted molar refractivity (Wildman–Crippen MR) is 28.8 cm³/mol. The Morgan fingerprint density at radius 2 is 1.90 bits per heavy atom. The third-order valence-corrected chi connectivity index (χ3v) is 1.12. The van der Waals surface area contributed by atoms with Crippen molar-refractivity contribution >= 4 is 0 Å². The van der Waals surface area contributed by atoms with Crippen molar-refractivity contribution in [1.82, 2.24) is 4.98 Å². The van der Waals surface area contributed by atoms with E-state index in [1.165, 1.54) is 6.92 Å². The smallest absolute Gasteiger partial charge is 0.206 e. The Morgan fingerprint density at radius 1 is 1.30 bits per heavy atom. The van der Waals surface area contributed by atoms with E-state index >= 15 is 0 Å². The molecular formula is C6H4F3N. The second-order valence-corrected chi connectivity index (χ2v) is 1.84. The van der Waals surface area contributed by atoms with Gasteiger partial charge in [0, 0.05) is 11.6 Å². The Kier molecular flexibility index (Phi) is 1.61. The van der Waals surface area contributed by atoms with Crippen molar-refractivity contribution in [2.75, 3.05) is 0 Å². The molecule has 1 rings (SSSR count). The fourth-order valence-electron chi connectivity index (χ4n) is 0.521. The van der Waals surface area contributed by atoms with Gasteiger partial charge in [-0.05, 0) is 6.92 Å². The summed E-state index contributed by atoms with van der Waals surface area (Å²) in [6.07, 6.45) is 0. The highest BCUT2D eigenvalue weighted by Crippen LogP contribution is 2.08. The van der Waals surface area contributed by atoms with E-state index < -0.39 is 17.7 Å². The molecule has 0 fully saturated rings. The number of hydrogen-bond donors (Lipinski definition) is 0. The standard InChI is InChI=1S/C6H4F3N/c1-3-4(7)2-5(8)10-6(3)9/h2H,1H3. The van der Waals surface area contributed by atoms with Crippen LogP contribution in [0, 0.1) is 24.6 Å². The van der Waals surface area contributed by atoms with Crippen LogP contribution in [0.4, 0.5) is 13.2 Å². The van der Waals surface area contributed by atoms with Gasteiger partial charge in [-0.2, -0.15) is 13.8 Å². The van der Waals surface area contributed by atoms with Crippen LogP contribution in [0.1, 0.15) is 5.56 Å². The largest absolute Gasteiger partial charge is 0.221 e. The second-order valence-electron chi connectivity index (χ2n) is 1.84. The number of pyridine rings is 1. The van der Waals surface area contributed by atoms with E-state index in [-0.39, 0.29) is 5.56 Å². The van der Waals surface area contributed by atoms with Crippen LogP contribution in [0.5, 0.6) is 0 Å². The third-order valence-electron chi connectivity index (χ3n) is 1.12. The Balaban J connectivity index is 3.31. The molecule has 0 amide bonds. The first-order chi connectivity index (χ1) is 4.61. The van der Waals surface area contributed by atoms with E-state index in [0.717, 1.165) is 0 Å². The summed E-state index contributed by atoms with van der Waals surface area (Å²) < 4.78 is 36.6. The zero-order valence-corrected chi connectivity index (χ0v) is 5.16. The molecule has 1 nitrogen and oxygen atoms in total. The minimum atomic E-state index is -1.14. The number of nitrogens with zero attached hydrogens (tertiary/aromatic N) is 1. The molecule has 4 heteroatoms. The molecule has 0 spiro atoms. The summed E-state index contributed by atoms with van der Waals surface area (Å²) in [6.45, 7) is 1.19. The van der Waals surface area contributed by atoms with E-state index in [9.17, 15) is 13.2 Å². The maximum atomic E-state index is 12.3. The molecule has 0 aromatic carbocycles. The van der Waals surface area contributed by atoms with Gasteiger partial charge < -0.3 is 0 Å². The molecule has 0 saturated heterocycles. The van der Waals surface area contributed by atoms with Gasteiger partial charge in [0.25, 0.3) is 0 Å². The summed E-state index contributed by atoms with van der Waals surface area (Å²) in [6, 6.07) is 0.540. The van der Waals surface area contributed by atoms with Gasteiger partial charge in [0.2, 0.25) is 11.9 Å². The van der Waals surface area contributed by atoms with Crippen molar-refractivity contribution in [2.24, 2.45) is 0 Å². The van der Waals surface area contributed by atoms with Crippen LogP contribution in [0.25, 0.3) is 0 Å². The first-order valence-electron chi connectivity index (χ1n) is 2.59. The van der Waals surface area contributed by atoms with Crippen molar-refractivity contribution in [1.29, 1.82) is 0 Å². The fourth-order valence-corrected chi connectivity index (χ4v) is 0.521. The normalized spacial score (nSPS) is 10.0. The number of halogens is 3. The number of hydrogen-bond acceptors (Lipinski definition) is 1. The van der Waals surface area contributed by atoms with Gasteiger partial charge in [-0.25, -0.2) is 4.39 Å². The first-order valence-corrected chi connectivity index (χ1v) is 2.59. The van der Waals surface area contributed by atoms with Crippen LogP contribution in [0.2, 0.25) is 0 Å². The molecule has 1 heterocycles. The predicted octanol–water partition coefficient (Wildman–Crippen LogP) is 1.81. The van der Waals surface area contributed by atoms with Crippen molar-refractivity contribution in [3.05, 3.63) is 29.3 Å².